The molecule has 42 heavy (non-hydrogen) atoms. The molecule has 0 radical (unpaired) electrons. The molecule has 15 heteroatoms. The van der Waals surface area contributed by atoms with Gasteiger partial charge in [-0.25, -0.2) is 4.90 Å². The first-order valence-electron chi connectivity index (χ1n) is 14.9. The molecule has 0 amide bonds. The van der Waals surface area contributed by atoms with Crippen molar-refractivity contribution >= 4 is 11.4 Å². The van der Waals surface area contributed by atoms with Gasteiger partial charge in [0.05, 0.1) is 42.6 Å². The van der Waals surface area contributed by atoms with Gasteiger partial charge in [-0.1, -0.05) is 0 Å². The highest BCUT2D eigenvalue weighted by molar-refractivity contribution is 5.75. The van der Waals surface area contributed by atoms with Crippen LogP contribution in [-0.4, -0.2) is 107 Å². The average molecular weight is 601 g/mol. The molecule has 236 valence electrons. The van der Waals surface area contributed by atoms with Crippen LogP contribution in [0.3, 0.4) is 0 Å². The van der Waals surface area contributed by atoms with E-state index in [1.807, 2.05) is 4.90 Å². The zero-order valence-corrected chi connectivity index (χ0v) is 23.8. The molecule has 1 aromatic rings. The Bertz CT molecular complexity index is 1100. The number of hydrogen-bond acceptors (Lipinski definition) is 12. The van der Waals surface area contributed by atoms with E-state index in [0.29, 0.717) is 37.5 Å². The Morgan fingerprint density at radius 1 is 1.10 bits per heavy atom. The number of ether oxygens (including phenoxy) is 2. The van der Waals surface area contributed by atoms with Gasteiger partial charge in [0, 0.05) is 31.4 Å². The van der Waals surface area contributed by atoms with Crippen LogP contribution in [-0.2, 0) is 4.74 Å². The molecular formula is C27H43F3N8O4. The summed E-state index contributed by atoms with van der Waals surface area (Å²) in [4.78, 5) is 4.37. The SMILES string of the molecule is CC(C)N(C[C@H]1O[C@@H](N2CNC3C(N)NCNC32)[C@H](O)[C@@H]1O)C1CC(CCC2Nc3ccc(OC(F)(F)F)cc3N2)C1. The number of alkyl halides is 3. The second kappa shape index (κ2) is 11.9. The van der Waals surface area contributed by atoms with E-state index in [1.54, 1.807) is 6.07 Å². The van der Waals surface area contributed by atoms with Crippen molar-refractivity contribution in [2.45, 2.75) is 107 Å². The monoisotopic (exact) mass is 600 g/mol. The lowest BCUT2D eigenvalue weighted by Gasteiger charge is -2.46. The Hall–Kier alpha value is -1.95. The normalized spacial score (nSPS) is 38.2. The van der Waals surface area contributed by atoms with E-state index in [0.717, 1.165) is 31.4 Å². The molecule has 4 aliphatic heterocycles. The van der Waals surface area contributed by atoms with Gasteiger partial charge >= 0.3 is 6.36 Å². The van der Waals surface area contributed by atoms with Crippen LogP contribution in [0.1, 0.15) is 39.5 Å². The van der Waals surface area contributed by atoms with Crippen molar-refractivity contribution in [3.05, 3.63) is 18.2 Å². The Labute approximate surface area is 243 Å². The van der Waals surface area contributed by atoms with Crippen molar-refractivity contribution in [3.63, 3.8) is 0 Å². The van der Waals surface area contributed by atoms with Crippen LogP contribution in [0.5, 0.6) is 5.75 Å². The summed E-state index contributed by atoms with van der Waals surface area (Å²) < 4.78 is 48.0. The first-order chi connectivity index (χ1) is 20.0. The number of hydrogen-bond donors (Lipinski definition) is 8. The number of nitrogens with one attached hydrogen (secondary N) is 5. The smallest absolute Gasteiger partial charge is 0.406 e. The van der Waals surface area contributed by atoms with Gasteiger partial charge < -0.3 is 36.1 Å². The van der Waals surface area contributed by atoms with Crippen molar-refractivity contribution < 1.29 is 32.9 Å². The molecule has 1 aliphatic carbocycles. The number of rotatable bonds is 9. The Kier molecular flexibility index (Phi) is 8.50. The third-order valence-corrected chi connectivity index (χ3v) is 9.39. The van der Waals surface area contributed by atoms with Gasteiger partial charge in [0.25, 0.3) is 0 Å². The van der Waals surface area contributed by atoms with Crippen LogP contribution in [0.15, 0.2) is 18.2 Å². The predicted octanol–water partition coefficient (Wildman–Crippen LogP) is 0.457. The number of aliphatic hydroxyl groups is 2. The highest BCUT2D eigenvalue weighted by Gasteiger charge is 2.52. The molecule has 0 bridgehead atoms. The molecule has 8 atom stereocenters. The average Bonchev–Trinajstić information content (AvgIpc) is 3.58. The van der Waals surface area contributed by atoms with Gasteiger partial charge in [0.1, 0.15) is 30.3 Å². The fourth-order valence-corrected chi connectivity index (χ4v) is 7.13. The first-order valence-corrected chi connectivity index (χ1v) is 14.9. The van der Waals surface area contributed by atoms with Gasteiger partial charge in [-0.15, -0.1) is 13.2 Å². The summed E-state index contributed by atoms with van der Waals surface area (Å²) in [6, 6.07) is 4.84. The van der Waals surface area contributed by atoms with Crippen LogP contribution in [0.25, 0.3) is 0 Å². The quantitative estimate of drug-likeness (QED) is 0.199. The lowest BCUT2D eigenvalue weighted by Crippen LogP contribution is -2.68. The maximum absolute atomic E-state index is 12.6. The molecule has 5 aliphatic rings. The molecule has 3 saturated heterocycles. The highest BCUT2D eigenvalue weighted by Crippen LogP contribution is 2.40. The summed E-state index contributed by atoms with van der Waals surface area (Å²) in [5, 5.41) is 38.4. The lowest BCUT2D eigenvalue weighted by molar-refractivity contribution is -0.274. The van der Waals surface area contributed by atoms with Gasteiger partial charge in [-0.2, -0.15) is 0 Å². The zero-order valence-electron chi connectivity index (χ0n) is 23.8. The van der Waals surface area contributed by atoms with E-state index in [4.69, 9.17) is 10.5 Å². The van der Waals surface area contributed by atoms with Crippen molar-refractivity contribution in [2.75, 3.05) is 30.5 Å². The van der Waals surface area contributed by atoms with E-state index < -0.39 is 30.9 Å². The van der Waals surface area contributed by atoms with Crippen LogP contribution in [0, 0.1) is 5.92 Å². The van der Waals surface area contributed by atoms with Crippen LogP contribution in [0.4, 0.5) is 24.5 Å². The van der Waals surface area contributed by atoms with E-state index >= 15 is 0 Å². The molecular weight excluding hydrogens is 557 g/mol. The third-order valence-electron chi connectivity index (χ3n) is 9.39. The summed E-state index contributed by atoms with van der Waals surface area (Å²) in [5.74, 6) is 0.290. The van der Waals surface area contributed by atoms with Gasteiger partial charge in [-0.3, -0.25) is 20.9 Å². The first kappa shape index (κ1) is 30.1. The topological polar surface area (TPSA) is 152 Å². The molecule has 4 fully saturated rings. The number of anilines is 2. The van der Waals surface area contributed by atoms with E-state index in [2.05, 4.69) is 50.1 Å². The van der Waals surface area contributed by atoms with Gasteiger partial charge in [-0.05, 0) is 57.6 Å². The number of aliphatic hydroxyl groups excluding tert-OH is 2. The third kappa shape index (κ3) is 6.16. The van der Waals surface area contributed by atoms with Crippen molar-refractivity contribution in [1.29, 1.82) is 0 Å². The number of nitrogens with two attached hydrogens (primary N) is 1. The van der Waals surface area contributed by atoms with E-state index in [-0.39, 0.29) is 36.3 Å². The molecule has 4 heterocycles. The van der Waals surface area contributed by atoms with E-state index in [1.165, 1.54) is 12.1 Å². The lowest BCUT2D eigenvalue weighted by atomic mass is 9.76. The molecule has 12 nitrogen and oxygen atoms in total. The predicted molar refractivity (Wildman–Crippen MR) is 149 cm³/mol. The summed E-state index contributed by atoms with van der Waals surface area (Å²) >= 11 is 0. The molecule has 9 N–H and O–H groups in total. The van der Waals surface area contributed by atoms with Gasteiger partial charge in [0.15, 0.2) is 0 Å². The fraction of sp³-hybridized carbons (Fsp3) is 0.778. The number of halogens is 3. The molecule has 4 unspecified atom stereocenters. The van der Waals surface area contributed by atoms with Gasteiger partial charge in [0.2, 0.25) is 0 Å². The second-order valence-electron chi connectivity index (χ2n) is 12.5. The number of fused-ring (bicyclic) bond motifs is 2. The summed E-state index contributed by atoms with van der Waals surface area (Å²) in [5.41, 5.74) is 7.56. The highest BCUT2D eigenvalue weighted by atomic mass is 19.4. The van der Waals surface area contributed by atoms with Crippen LogP contribution in [0.2, 0.25) is 0 Å². The largest absolute Gasteiger partial charge is 0.573 e. The number of benzene rings is 1. The summed E-state index contributed by atoms with van der Waals surface area (Å²) in [6.45, 7) is 5.85. The maximum atomic E-state index is 12.6. The molecule has 0 spiro atoms. The van der Waals surface area contributed by atoms with Crippen LogP contribution >= 0.6 is 0 Å². The molecule has 1 saturated carbocycles. The summed E-state index contributed by atoms with van der Waals surface area (Å²) in [6.07, 6.45) is -4.42. The van der Waals surface area contributed by atoms with Crippen molar-refractivity contribution in [1.82, 2.24) is 25.8 Å². The van der Waals surface area contributed by atoms with Crippen molar-refractivity contribution in [2.24, 2.45) is 11.7 Å². The zero-order chi connectivity index (χ0) is 29.8. The maximum Gasteiger partial charge on any atom is 0.573 e. The minimum absolute atomic E-state index is 0.0329. The summed E-state index contributed by atoms with van der Waals surface area (Å²) in [7, 11) is 0. The second-order valence-corrected chi connectivity index (χ2v) is 12.5. The fourth-order valence-electron chi connectivity index (χ4n) is 7.13. The standard InChI is InChI=1S/C27H43F3N8O4/c1-13(2)37(10-19-22(39)23(40)26(41-19)38-12-34-21-24(31)32-11-33-25(21)38)15-7-14(8-15)3-6-20-35-17-5-4-16(9-18(17)36-20)42-27(28,29)30/h4-5,9,13-15,19-26,32-36,39-40H,3,6-8,10-12,31H2,1-2H3/t14?,15?,19-,20?,21?,22-,23-,24?,25?,26-/m1/s1. The molecule has 6 rings (SSSR count). The molecule has 1 aromatic carbocycles. The Morgan fingerprint density at radius 3 is 2.60 bits per heavy atom. The number of nitrogens with zero attached hydrogens (tertiary/aromatic N) is 2. The Morgan fingerprint density at radius 2 is 1.86 bits per heavy atom. The minimum Gasteiger partial charge on any atom is -0.406 e. The van der Waals surface area contributed by atoms with Crippen molar-refractivity contribution in [3.8, 4) is 5.75 Å². The Balaban J connectivity index is 0.974. The molecule has 0 aromatic heterocycles. The van der Waals surface area contributed by atoms with Crippen LogP contribution < -0.4 is 37.1 Å². The minimum atomic E-state index is -4.72. The van der Waals surface area contributed by atoms with E-state index in [9.17, 15) is 23.4 Å².